The second-order valence-electron chi connectivity index (χ2n) is 4.68. The molecule has 0 aromatic carbocycles. The highest BCUT2D eigenvalue weighted by molar-refractivity contribution is 5.77. The van der Waals surface area contributed by atoms with Crippen LogP contribution < -0.4 is 11.1 Å². The van der Waals surface area contributed by atoms with E-state index in [1.165, 1.54) is 19.4 Å². The molecule has 2 atom stereocenters. The predicted molar refractivity (Wildman–Crippen MR) is 68.3 cm³/mol. The van der Waals surface area contributed by atoms with Gasteiger partial charge in [-0.05, 0) is 17.7 Å². The lowest BCUT2D eigenvalue weighted by Gasteiger charge is -2.27. The number of alkyl halides is 3. The number of amides is 2. The van der Waals surface area contributed by atoms with Crippen LogP contribution in [0, 0.1) is 0 Å². The molecule has 0 aliphatic carbocycles. The Kier molecular flexibility index (Phi) is 4.21. The van der Waals surface area contributed by atoms with E-state index in [1.807, 2.05) is 5.32 Å². The van der Waals surface area contributed by atoms with Crippen molar-refractivity contribution < 1.29 is 22.7 Å². The Balaban J connectivity index is 2.25. The van der Waals surface area contributed by atoms with Crippen LogP contribution in [0.1, 0.15) is 11.6 Å². The van der Waals surface area contributed by atoms with E-state index >= 15 is 0 Å². The average Bonchev–Trinajstić information content (AvgIpc) is 2.78. The Bertz CT molecular complexity index is 523. The second-order valence-corrected chi connectivity index (χ2v) is 4.68. The molecule has 9 heteroatoms. The molecule has 1 aliphatic heterocycles. The summed E-state index contributed by atoms with van der Waals surface area (Å²) >= 11 is 0. The summed E-state index contributed by atoms with van der Waals surface area (Å²) in [4.78, 5) is 16.7. The maximum atomic E-state index is 12.7. The maximum absolute atomic E-state index is 12.7. The molecule has 1 aromatic heterocycles. The van der Waals surface area contributed by atoms with Gasteiger partial charge >= 0.3 is 12.2 Å². The molecule has 1 aliphatic rings. The van der Waals surface area contributed by atoms with Gasteiger partial charge in [-0.15, -0.1) is 0 Å². The normalized spacial score (nSPS) is 20.5. The lowest BCUT2D eigenvalue weighted by Crippen LogP contribution is -2.40. The first-order valence-electron chi connectivity index (χ1n) is 6.17. The van der Waals surface area contributed by atoms with Crippen molar-refractivity contribution in [1.29, 1.82) is 0 Å². The van der Waals surface area contributed by atoms with E-state index in [0.717, 1.165) is 4.90 Å². The molecule has 0 spiro atoms. The summed E-state index contributed by atoms with van der Waals surface area (Å²) in [6.07, 6.45) is -3.05. The third-order valence-electron chi connectivity index (χ3n) is 3.22. The number of nitrogens with two attached hydrogens (primary N) is 1. The smallest absolute Gasteiger partial charge is 0.384 e. The van der Waals surface area contributed by atoms with Gasteiger partial charge in [-0.3, -0.25) is 0 Å². The minimum absolute atomic E-state index is 0.0570. The lowest BCUT2D eigenvalue weighted by atomic mass is 10.1. The Morgan fingerprint density at radius 2 is 2.33 bits per heavy atom. The van der Waals surface area contributed by atoms with Crippen molar-refractivity contribution in [2.75, 3.05) is 26.0 Å². The Morgan fingerprint density at radius 3 is 2.86 bits per heavy atom. The van der Waals surface area contributed by atoms with E-state index in [9.17, 15) is 18.0 Å². The van der Waals surface area contributed by atoms with E-state index in [0.29, 0.717) is 5.56 Å². The summed E-state index contributed by atoms with van der Waals surface area (Å²) in [5.41, 5.74) is 6.14. The van der Waals surface area contributed by atoms with Gasteiger partial charge in [-0.1, -0.05) is 0 Å². The van der Waals surface area contributed by atoms with E-state index < -0.39 is 30.8 Å². The van der Waals surface area contributed by atoms with Crippen LogP contribution in [0.3, 0.4) is 0 Å². The summed E-state index contributed by atoms with van der Waals surface area (Å²) in [6.45, 7) is -0.417. The molecule has 2 amide bonds. The Morgan fingerprint density at radius 1 is 1.62 bits per heavy atom. The van der Waals surface area contributed by atoms with Gasteiger partial charge in [0, 0.05) is 13.3 Å². The third-order valence-corrected chi connectivity index (χ3v) is 3.22. The zero-order valence-electron chi connectivity index (χ0n) is 11.2. The van der Waals surface area contributed by atoms with Crippen LogP contribution in [-0.4, -0.2) is 48.4 Å². The molecule has 2 unspecified atom stereocenters. The highest BCUT2D eigenvalue weighted by Crippen LogP contribution is 2.30. The van der Waals surface area contributed by atoms with Gasteiger partial charge in [-0.2, -0.15) is 13.2 Å². The molecular weight excluding hydrogens is 289 g/mol. The standard InChI is InChI=1S/C12H15F3N4O2/c1-21-6-8(7-2-3-17-10(16)4-7)19-5-9(12(13,14)15)18-11(19)20/h2-4,8-9H,5-6H2,1H3,(H2,16,17)(H,18,20). The minimum Gasteiger partial charge on any atom is -0.384 e. The van der Waals surface area contributed by atoms with E-state index in [2.05, 4.69) is 4.98 Å². The zero-order valence-corrected chi connectivity index (χ0v) is 11.2. The fourth-order valence-corrected chi connectivity index (χ4v) is 2.21. The van der Waals surface area contributed by atoms with Crippen molar-refractivity contribution in [3.05, 3.63) is 23.9 Å². The number of carbonyl (C=O) groups excluding carboxylic acids is 1. The zero-order chi connectivity index (χ0) is 15.6. The number of methoxy groups -OCH3 is 1. The molecule has 6 nitrogen and oxygen atoms in total. The van der Waals surface area contributed by atoms with Crippen LogP contribution in [0.25, 0.3) is 0 Å². The number of halogens is 3. The largest absolute Gasteiger partial charge is 0.410 e. The number of hydrogen-bond acceptors (Lipinski definition) is 4. The summed E-state index contributed by atoms with van der Waals surface area (Å²) in [5.74, 6) is 0.223. The fraction of sp³-hybridized carbons (Fsp3) is 0.500. The molecular formula is C12H15F3N4O2. The summed E-state index contributed by atoms with van der Waals surface area (Å²) in [7, 11) is 1.41. The number of hydrogen-bond donors (Lipinski definition) is 2. The van der Waals surface area contributed by atoms with E-state index in [1.54, 1.807) is 6.07 Å². The molecule has 0 bridgehead atoms. The predicted octanol–water partition coefficient (Wildman–Crippen LogP) is 1.31. The quantitative estimate of drug-likeness (QED) is 0.879. The van der Waals surface area contributed by atoms with Crippen LogP contribution in [0.4, 0.5) is 23.8 Å². The van der Waals surface area contributed by atoms with Gasteiger partial charge in [0.25, 0.3) is 0 Å². The Hall–Kier alpha value is -2.03. The number of nitrogen functional groups attached to an aromatic ring is 1. The van der Waals surface area contributed by atoms with E-state index in [-0.39, 0.29) is 12.4 Å². The van der Waals surface area contributed by atoms with Gasteiger partial charge in [0.2, 0.25) is 0 Å². The topological polar surface area (TPSA) is 80.5 Å². The molecule has 0 saturated carbocycles. The van der Waals surface area contributed by atoms with Crippen LogP contribution in [0.15, 0.2) is 18.3 Å². The van der Waals surface area contributed by atoms with Crippen molar-refractivity contribution in [2.45, 2.75) is 18.3 Å². The molecule has 116 valence electrons. The van der Waals surface area contributed by atoms with E-state index in [4.69, 9.17) is 10.5 Å². The summed E-state index contributed by atoms with van der Waals surface area (Å²) < 4.78 is 43.2. The van der Waals surface area contributed by atoms with Gasteiger partial charge < -0.3 is 20.7 Å². The first-order chi connectivity index (χ1) is 9.82. The molecule has 0 radical (unpaired) electrons. The number of anilines is 1. The lowest BCUT2D eigenvalue weighted by molar-refractivity contribution is -0.150. The number of pyridine rings is 1. The molecule has 2 heterocycles. The number of carbonyl (C=O) groups is 1. The maximum Gasteiger partial charge on any atom is 0.410 e. The van der Waals surface area contributed by atoms with Crippen molar-refractivity contribution in [2.24, 2.45) is 0 Å². The summed E-state index contributed by atoms with van der Waals surface area (Å²) in [5, 5.41) is 1.93. The second kappa shape index (κ2) is 5.76. The number of aromatic nitrogens is 1. The highest BCUT2D eigenvalue weighted by Gasteiger charge is 2.48. The van der Waals surface area contributed by atoms with Crippen LogP contribution in [0.2, 0.25) is 0 Å². The van der Waals surface area contributed by atoms with Crippen LogP contribution >= 0.6 is 0 Å². The fourth-order valence-electron chi connectivity index (χ4n) is 2.21. The number of rotatable bonds is 4. The van der Waals surface area contributed by atoms with Crippen molar-refractivity contribution in [1.82, 2.24) is 15.2 Å². The number of urea groups is 1. The molecule has 2 rings (SSSR count). The van der Waals surface area contributed by atoms with Crippen molar-refractivity contribution in [3.8, 4) is 0 Å². The van der Waals surface area contributed by atoms with Gasteiger partial charge in [-0.25, -0.2) is 9.78 Å². The molecule has 1 saturated heterocycles. The highest BCUT2D eigenvalue weighted by atomic mass is 19.4. The van der Waals surface area contributed by atoms with Crippen LogP contribution in [0.5, 0.6) is 0 Å². The molecule has 21 heavy (non-hydrogen) atoms. The van der Waals surface area contributed by atoms with Crippen LogP contribution in [-0.2, 0) is 4.74 Å². The molecule has 1 aromatic rings. The monoisotopic (exact) mass is 304 g/mol. The number of nitrogens with zero attached hydrogens (tertiary/aromatic N) is 2. The van der Waals surface area contributed by atoms with Gasteiger partial charge in [0.05, 0.1) is 19.2 Å². The number of nitrogens with one attached hydrogen (secondary N) is 1. The van der Waals surface area contributed by atoms with Crippen molar-refractivity contribution in [3.63, 3.8) is 0 Å². The first kappa shape index (κ1) is 15.4. The number of ether oxygens (including phenoxy) is 1. The molecule has 3 N–H and O–H groups in total. The average molecular weight is 304 g/mol. The van der Waals surface area contributed by atoms with Gasteiger partial charge in [0.1, 0.15) is 11.9 Å². The first-order valence-corrected chi connectivity index (χ1v) is 6.17. The Labute approximate surface area is 119 Å². The third kappa shape index (κ3) is 3.35. The minimum atomic E-state index is -4.49. The molecule has 1 fully saturated rings. The SMILES string of the molecule is COCC(c1ccnc(N)c1)N1CC(C(F)(F)F)NC1=O. The van der Waals surface area contributed by atoms with Gasteiger partial charge in [0.15, 0.2) is 0 Å². The van der Waals surface area contributed by atoms with Crippen molar-refractivity contribution >= 4 is 11.8 Å². The summed E-state index contributed by atoms with van der Waals surface area (Å²) in [6, 6.07) is -0.225.